The zero-order valence-electron chi connectivity index (χ0n) is 12.6. The second-order valence-electron chi connectivity index (χ2n) is 4.94. The van der Waals surface area contributed by atoms with Crippen LogP contribution in [0.4, 0.5) is 13.2 Å². The van der Waals surface area contributed by atoms with Crippen LogP contribution in [0.2, 0.25) is 0 Å². The third-order valence-corrected chi connectivity index (χ3v) is 3.75. The van der Waals surface area contributed by atoms with Gasteiger partial charge >= 0.3 is 15.6 Å². The molecule has 1 atom stereocenters. The molecule has 0 unspecified atom stereocenters. The van der Waals surface area contributed by atoms with E-state index in [4.69, 9.17) is 4.55 Å². The molecule has 0 saturated carbocycles. The number of nitrogens with one attached hydrogen (secondary N) is 1. The molecule has 8 nitrogen and oxygen atoms in total. The van der Waals surface area contributed by atoms with Crippen LogP contribution >= 0.6 is 0 Å². The SMILES string of the molecule is CS(=O)(=O)O.O=C1CC[C@H](c2ccc(OS(=O)(=O)C(F)(F)F)cc2)N1. The standard InChI is InChI=1S/C11H10F3NO4S.CH4O3S/c12-11(13,14)20(17,18)19-8-3-1-7(2-4-8)9-5-6-10(16)15-9;1-5(2,3)4/h1-4,9H,5-6H2,(H,15,16);1H3,(H,2,3,4)/t9-;/m1./s1. The van der Waals surface area contributed by atoms with Gasteiger partial charge in [-0.2, -0.15) is 30.0 Å². The van der Waals surface area contributed by atoms with Crippen molar-refractivity contribution in [2.24, 2.45) is 0 Å². The highest BCUT2D eigenvalue weighted by Crippen LogP contribution is 2.29. The van der Waals surface area contributed by atoms with Gasteiger partial charge in [0.25, 0.3) is 10.1 Å². The third kappa shape index (κ3) is 7.27. The van der Waals surface area contributed by atoms with E-state index in [0.29, 0.717) is 24.7 Å². The number of rotatable bonds is 3. The van der Waals surface area contributed by atoms with Crippen LogP contribution in [0, 0.1) is 0 Å². The number of carbonyl (C=O) groups excluding carboxylic acids is 1. The van der Waals surface area contributed by atoms with Crippen LogP contribution in [0.3, 0.4) is 0 Å². The van der Waals surface area contributed by atoms with Gasteiger partial charge in [0.2, 0.25) is 5.91 Å². The van der Waals surface area contributed by atoms with Gasteiger partial charge in [0.05, 0.1) is 12.3 Å². The van der Waals surface area contributed by atoms with Crippen LogP contribution in [0.25, 0.3) is 0 Å². The lowest BCUT2D eigenvalue weighted by Crippen LogP contribution is -2.28. The predicted molar refractivity (Wildman–Crippen MR) is 79.6 cm³/mol. The Hall–Kier alpha value is -1.86. The summed E-state index contributed by atoms with van der Waals surface area (Å²) in [6, 6.07) is 4.84. The van der Waals surface area contributed by atoms with Gasteiger partial charge in [0.1, 0.15) is 5.75 Å². The van der Waals surface area contributed by atoms with Gasteiger partial charge in [-0.1, -0.05) is 12.1 Å². The average Bonchev–Trinajstić information content (AvgIpc) is 2.82. The number of halogens is 3. The second-order valence-corrected chi connectivity index (χ2v) is 7.95. The Labute approximate surface area is 141 Å². The molecule has 13 heteroatoms. The summed E-state index contributed by atoms with van der Waals surface area (Å²) in [5, 5.41) is 2.68. The van der Waals surface area contributed by atoms with E-state index in [9.17, 15) is 34.8 Å². The van der Waals surface area contributed by atoms with Gasteiger partial charge in [-0.05, 0) is 24.1 Å². The van der Waals surface area contributed by atoms with Crippen molar-refractivity contribution < 1.29 is 43.5 Å². The molecule has 0 aromatic heterocycles. The maximum absolute atomic E-state index is 12.1. The van der Waals surface area contributed by atoms with Gasteiger partial charge in [0, 0.05) is 6.42 Å². The predicted octanol–water partition coefficient (Wildman–Crippen LogP) is 1.37. The normalized spacial score (nSPS) is 18.1. The Morgan fingerprint density at radius 2 is 1.64 bits per heavy atom. The van der Waals surface area contributed by atoms with Crippen LogP contribution in [0.1, 0.15) is 24.4 Å². The Morgan fingerprint density at radius 3 is 2.00 bits per heavy atom. The molecule has 1 saturated heterocycles. The fourth-order valence-corrected chi connectivity index (χ4v) is 2.25. The van der Waals surface area contributed by atoms with E-state index in [1.165, 1.54) is 12.1 Å². The van der Waals surface area contributed by atoms with Gasteiger partial charge in [-0.15, -0.1) is 0 Å². The second kappa shape index (κ2) is 7.58. The van der Waals surface area contributed by atoms with Crippen molar-refractivity contribution in [1.29, 1.82) is 0 Å². The van der Waals surface area contributed by atoms with Gasteiger partial charge in [-0.3, -0.25) is 9.35 Å². The molecule has 2 N–H and O–H groups in total. The molecule has 1 aromatic carbocycles. The first-order valence-electron chi connectivity index (χ1n) is 6.51. The summed E-state index contributed by atoms with van der Waals surface area (Å²) in [4.78, 5) is 11.1. The van der Waals surface area contributed by atoms with Crippen LogP contribution in [0.5, 0.6) is 5.75 Å². The lowest BCUT2D eigenvalue weighted by Gasteiger charge is -2.12. The quantitative estimate of drug-likeness (QED) is 0.442. The van der Waals surface area contributed by atoms with E-state index in [1.54, 1.807) is 0 Å². The van der Waals surface area contributed by atoms with E-state index in [2.05, 4.69) is 9.50 Å². The van der Waals surface area contributed by atoms with Crippen molar-refractivity contribution in [3.63, 3.8) is 0 Å². The minimum Gasteiger partial charge on any atom is -0.376 e. The van der Waals surface area contributed by atoms with Crippen molar-refractivity contribution in [2.45, 2.75) is 24.4 Å². The maximum atomic E-state index is 12.1. The van der Waals surface area contributed by atoms with E-state index >= 15 is 0 Å². The van der Waals surface area contributed by atoms with Crippen molar-refractivity contribution in [1.82, 2.24) is 5.32 Å². The molecule has 2 rings (SSSR count). The Morgan fingerprint density at radius 1 is 1.16 bits per heavy atom. The summed E-state index contributed by atoms with van der Waals surface area (Å²) in [7, 11) is -9.33. The summed E-state index contributed by atoms with van der Waals surface area (Å²) in [5.74, 6) is -0.537. The highest BCUT2D eigenvalue weighted by Gasteiger charge is 2.48. The first kappa shape index (κ1) is 21.2. The number of hydrogen-bond acceptors (Lipinski definition) is 6. The summed E-state index contributed by atoms with van der Waals surface area (Å²) < 4.78 is 87.8. The highest BCUT2D eigenvalue weighted by atomic mass is 32.2. The molecule has 25 heavy (non-hydrogen) atoms. The van der Waals surface area contributed by atoms with Crippen molar-refractivity contribution in [3.8, 4) is 5.75 Å². The van der Waals surface area contributed by atoms with Gasteiger partial charge in [-0.25, -0.2) is 0 Å². The Balaban J connectivity index is 0.000000550. The van der Waals surface area contributed by atoms with Crippen LogP contribution in [-0.2, 0) is 25.0 Å². The first-order valence-corrected chi connectivity index (χ1v) is 9.77. The number of carbonyl (C=O) groups is 1. The molecule has 0 radical (unpaired) electrons. The Kier molecular flexibility index (Phi) is 6.42. The third-order valence-electron chi connectivity index (χ3n) is 2.77. The largest absolute Gasteiger partial charge is 0.534 e. The molecule has 1 amide bonds. The van der Waals surface area contributed by atoms with Crippen LogP contribution in [-0.4, -0.2) is 39.1 Å². The number of alkyl halides is 3. The number of amides is 1. The number of benzene rings is 1. The zero-order valence-corrected chi connectivity index (χ0v) is 14.3. The lowest BCUT2D eigenvalue weighted by atomic mass is 10.1. The molecule has 1 heterocycles. The fraction of sp³-hybridized carbons (Fsp3) is 0.417. The lowest BCUT2D eigenvalue weighted by molar-refractivity contribution is -0.119. The minimum absolute atomic E-state index is 0.102. The molecule has 1 aliphatic rings. The van der Waals surface area contributed by atoms with E-state index in [-0.39, 0.29) is 11.9 Å². The molecule has 1 aliphatic heterocycles. The monoisotopic (exact) mass is 405 g/mol. The summed E-state index contributed by atoms with van der Waals surface area (Å²) >= 11 is 0. The van der Waals surface area contributed by atoms with Crippen molar-refractivity contribution in [3.05, 3.63) is 29.8 Å². The first-order chi connectivity index (χ1) is 11.2. The Bertz CT molecular complexity index is 809. The minimum atomic E-state index is -5.66. The molecule has 1 fully saturated rings. The van der Waals surface area contributed by atoms with Crippen molar-refractivity contribution >= 4 is 26.1 Å². The van der Waals surface area contributed by atoms with E-state index < -0.39 is 31.5 Å². The van der Waals surface area contributed by atoms with Crippen molar-refractivity contribution in [2.75, 3.05) is 6.26 Å². The van der Waals surface area contributed by atoms with Crippen LogP contribution < -0.4 is 9.50 Å². The molecule has 0 bridgehead atoms. The molecule has 0 spiro atoms. The van der Waals surface area contributed by atoms with E-state index in [1.807, 2.05) is 0 Å². The maximum Gasteiger partial charge on any atom is 0.534 e. The summed E-state index contributed by atoms with van der Waals surface area (Å²) in [6.45, 7) is 0. The fourth-order valence-electron chi connectivity index (χ4n) is 1.79. The highest BCUT2D eigenvalue weighted by molar-refractivity contribution is 7.88. The molecule has 1 aromatic rings. The van der Waals surface area contributed by atoms with Gasteiger partial charge < -0.3 is 9.50 Å². The van der Waals surface area contributed by atoms with Gasteiger partial charge in [0.15, 0.2) is 0 Å². The molecule has 142 valence electrons. The summed E-state index contributed by atoms with van der Waals surface area (Å²) in [5.41, 5.74) is -4.79. The molecular formula is C12H14F3NO7S2. The topological polar surface area (TPSA) is 127 Å². The zero-order chi connectivity index (χ0) is 19.5. The molecule has 0 aliphatic carbocycles. The number of hydrogen-bond donors (Lipinski definition) is 2. The average molecular weight is 405 g/mol. The van der Waals surface area contributed by atoms with E-state index in [0.717, 1.165) is 12.1 Å². The molecular weight excluding hydrogens is 391 g/mol. The van der Waals surface area contributed by atoms with Crippen LogP contribution in [0.15, 0.2) is 24.3 Å². The summed E-state index contributed by atoms with van der Waals surface area (Å²) in [6.07, 6.45) is 1.68. The smallest absolute Gasteiger partial charge is 0.376 e.